The maximum absolute atomic E-state index is 14.5. The van der Waals surface area contributed by atoms with E-state index >= 15 is 0 Å². The Morgan fingerprint density at radius 3 is 2.66 bits per heavy atom. The third-order valence-corrected chi connectivity index (χ3v) is 5.02. The molecule has 0 fully saturated rings. The molecule has 0 bridgehead atoms. The largest absolute Gasteiger partial charge is 0.326 e. The monoisotopic (exact) mass is 430 g/mol. The van der Waals surface area contributed by atoms with Crippen LogP contribution in [0, 0.1) is 11.6 Å². The van der Waals surface area contributed by atoms with Crippen LogP contribution in [-0.2, 0) is 4.79 Å². The minimum absolute atomic E-state index is 0.220. The summed E-state index contributed by atoms with van der Waals surface area (Å²) in [5.41, 5.74) is 4.94. The summed E-state index contributed by atoms with van der Waals surface area (Å²) < 4.78 is 29.7. The van der Waals surface area contributed by atoms with Crippen molar-refractivity contribution >= 4 is 22.6 Å². The van der Waals surface area contributed by atoms with Crippen molar-refractivity contribution in [2.75, 3.05) is 5.32 Å². The molecule has 1 amide bonds. The zero-order valence-electron chi connectivity index (χ0n) is 16.8. The molecule has 0 aliphatic rings. The summed E-state index contributed by atoms with van der Waals surface area (Å²) >= 11 is 0. The fourth-order valence-corrected chi connectivity index (χ4v) is 3.63. The minimum Gasteiger partial charge on any atom is -0.326 e. The molecule has 7 nitrogen and oxygen atoms in total. The van der Waals surface area contributed by atoms with Gasteiger partial charge in [-0.1, -0.05) is 11.3 Å². The summed E-state index contributed by atoms with van der Waals surface area (Å²) in [5.74, 6) is -1.61. The first kappa shape index (κ1) is 19.6. The number of fused-ring (bicyclic) bond motifs is 1. The Morgan fingerprint density at radius 2 is 1.91 bits per heavy atom. The van der Waals surface area contributed by atoms with Gasteiger partial charge in [-0.3, -0.25) is 14.5 Å². The second kappa shape index (κ2) is 7.69. The highest BCUT2D eigenvalue weighted by Crippen LogP contribution is 2.31. The normalized spacial score (nSPS) is 11.1. The van der Waals surface area contributed by atoms with E-state index in [2.05, 4.69) is 25.7 Å². The summed E-state index contributed by atoms with van der Waals surface area (Å²) in [6.45, 7) is 1.39. The van der Waals surface area contributed by atoms with Crippen molar-refractivity contribution in [3.8, 4) is 28.1 Å². The van der Waals surface area contributed by atoms with Gasteiger partial charge in [-0.2, -0.15) is 0 Å². The molecule has 0 radical (unpaired) electrons. The van der Waals surface area contributed by atoms with Gasteiger partial charge in [-0.25, -0.2) is 13.8 Å². The molecule has 158 valence electrons. The highest BCUT2D eigenvalue weighted by molar-refractivity contribution is 5.91. The molecule has 0 aliphatic carbocycles. The first-order valence-corrected chi connectivity index (χ1v) is 9.70. The summed E-state index contributed by atoms with van der Waals surface area (Å²) in [7, 11) is 0. The minimum atomic E-state index is -0.691. The van der Waals surface area contributed by atoms with Gasteiger partial charge < -0.3 is 5.32 Å². The summed E-state index contributed by atoms with van der Waals surface area (Å²) in [6.07, 6.45) is 3.34. The molecule has 5 aromatic rings. The van der Waals surface area contributed by atoms with Crippen LogP contribution in [0.2, 0.25) is 0 Å². The molecule has 0 spiro atoms. The fourth-order valence-electron chi connectivity index (χ4n) is 3.63. The Balaban J connectivity index is 1.65. The number of rotatable bonds is 4. The number of nitrogens with one attached hydrogen (secondary N) is 2. The van der Waals surface area contributed by atoms with Crippen LogP contribution in [0.1, 0.15) is 6.92 Å². The van der Waals surface area contributed by atoms with Crippen molar-refractivity contribution in [3.05, 3.63) is 78.8 Å². The molecule has 0 aliphatic heterocycles. The van der Waals surface area contributed by atoms with E-state index in [1.807, 2.05) is 22.8 Å². The third kappa shape index (κ3) is 3.60. The second-order valence-corrected chi connectivity index (χ2v) is 7.25. The molecule has 2 aromatic heterocycles. The lowest BCUT2D eigenvalue weighted by Crippen LogP contribution is -2.07. The van der Waals surface area contributed by atoms with E-state index in [9.17, 15) is 13.6 Å². The first-order valence-electron chi connectivity index (χ1n) is 9.70. The van der Waals surface area contributed by atoms with Crippen LogP contribution >= 0.6 is 0 Å². The Bertz CT molecular complexity index is 1460. The number of halogens is 2. The van der Waals surface area contributed by atoms with Crippen LogP contribution in [0.5, 0.6) is 0 Å². The number of H-pyrrole nitrogens is 1. The van der Waals surface area contributed by atoms with Gasteiger partial charge in [0.25, 0.3) is 0 Å². The summed E-state index contributed by atoms with van der Waals surface area (Å²) in [5, 5.41) is 13.2. The third-order valence-electron chi connectivity index (χ3n) is 5.02. The fraction of sp³-hybridized carbons (Fsp3) is 0.0435. The maximum atomic E-state index is 14.5. The number of benzene rings is 3. The highest BCUT2D eigenvalue weighted by atomic mass is 19.1. The molecule has 0 unspecified atom stereocenters. The van der Waals surface area contributed by atoms with Gasteiger partial charge in [-0.05, 0) is 48.0 Å². The molecule has 2 N–H and O–H groups in total. The molecule has 5 rings (SSSR count). The lowest BCUT2D eigenvalue weighted by atomic mass is 10.0. The van der Waals surface area contributed by atoms with Crippen LogP contribution in [0.3, 0.4) is 0 Å². The van der Waals surface area contributed by atoms with Crippen LogP contribution < -0.4 is 5.32 Å². The number of aromatic amines is 1. The van der Waals surface area contributed by atoms with Crippen LogP contribution in [0.4, 0.5) is 14.5 Å². The zero-order valence-corrected chi connectivity index (χ0v) is 16.8. The molecule has 0 saturated carbocycles. The van der Waals surface area contributed by atoms with Crippen molar-refractivity contribution in [2.24, 2.45) is 0 Å². The topological polar surface area (TPSA) is 88.5 Å². The lowest BCUT2D eigenvalue weighted by molar-refractivity contribution is -0.114. The predicted octanol–water partition coefficient (Wildman–Crippen LogP) is 4.71. The van der Waals surface area contributed by atoms with Gasteiger partial charge in [0.05, 0.1) is 11.0 Å². The quantitative estimate of drug-likeness (QED) is 0.432. The van der Waals surface area contributed by atoms with Gasteiger partial charge in [-0.15, -0.1) is 5.10 Å². The lowest BCUT2D eigenvalue weighted by Gasteiger charge is -2.13. The molecule has 3 aromatic carbocycles. The molecule has 0 saturated heterocycles. The average molecular weight is 430 g/mol. The highest BCUT2D eigenvalue weighted by Gasteiger charge is 2.13. The van der Waals surface area contributed by atoms with E-state index in [0.29, 0.717) is 22.6 Å². The van der Waals surface area contributed by atoms with Gasteiger partial charge >= 0.3 is 0 Å². The number of carbonyl (C=O) groups is 1. The second-order valence-electron chi connectivity index (χ2n) is 7.25. The number of carbonyl (C=O) groups excluding carboxylic acids is 1. The van der Waals surface area contributed by atoms with Crippen molar-refractivity contribution in [3.63, 3.8) is 0 Å². The van der Waals surface area contributed by atoms with E-state index in [1.165, 1.54) is 19.1 Å². The van der Waals surface area contributed by atoms with E-state index in [1.54, 1.807) is 30.7 Å². The predicted molar refractivity (Wildman–Crippen MR) is 116 cm³/mol. The molecule has 9 heteroatoms. The van der Waals surface area contributed by atoms with E-state index < -0.39 is 11.6 Å². The standard InChI is InChI=1S/C23H16F2N6O/c1-13(32)28-17-6-15(19-4-3-16(24)9-20(19)25)7-18(10-17)31-12-26-21-8-14(2-5-23(21)31)22-11-27-30-29-22/h2-12H,1H3,(H,28,32)(H,27,29,30). The van der Waals surface area contributed by atoms with Gasteiger partial charge in [0.2, 0.25) is 5.91 Å². The van der Waals surface area contributed by atoms with E-state index in [0.717, 1.165) is 22.7 Å². The smallest absolute Gasteiger partial charge is 0.221 e. The number of aromatic nitrogens is 5. The van der Waals surface area contributed by atoms with Crippen LogP contribution in [0.25, 0.3) is 39.1 Å². The van der Waals surface area contributed by atoms with Crippen molar-refractivity contribution < 1.29 is 13.6 Å². The van der Waals surface area contributed by atoms with Crippen molar-refractivity contribution in [1.82, 2.24) is 25.0 Å². The van der Waals surface area contributed by atoms with Crippen molar-refractivity contribution in [1.29, 1.82) is 0 Å². The van der Waals surface area contributed by atoms with Gasteiger partial charge in [0.1, 0.15) is 23.7 Å². The number of amides is 1. The number of hydrogen-bond donors (Lipinski definition) is 2. The number of anilines is 1. The molecule has 32 heavy (non-hydrogen) atoms. The SMILES string of the molecule is CC(=O)Nc1cc(-c2ccc(F)cc2F)cc(-n2cnc3cc(-c4c[nH]nn4)ccc32)c1. The zero-order chi connectivity index (χ0) is 22.2. The van der Waals surface area contributed by atoms with E-state index in [4.69, 9.17) is 0 Å². The number of imidazole rings is 1. The first-order chi connectivity index (χ1) is 15.5. The average Bonchev–Trinajstić information content (AvgIpc) is 3.42. The molecule has 2 heterocycles. The molecule has 0 atom stereocenters. The Kier molecular flexibility index (Phi) is 4.70. The van der Waals surface area contributed by atoms with Crippen molar-refractivity contribution in [2.45, 2.75) is 6.92 Å². The Morgan fingerprint density at radius 1 is 1.03 bits per heavy atom. The summed E-state index contributed by atoms with van der Waals surface area (Å²) in [4.78, 5) is 16.1. The van der Waals surface area contributed by atoms with Crippen LogP contribution in [-0.4, -0.2) is 30.9 Å². The van der Waals surface area contributed by atoms with E-state index in [-0.39, 0.29) is 11.5 Å². The van der Waals surface area contributed by atoms with Crippen LogP contribution in [0.15, 0.2) is 67.1 Å². The van der Waals surface area contributed by atoms with Gasteiger partial charge in [0, 0.05) is 41.7 Å². The van der Waals surface area contributed by atoms with Gasteiger partial charge in [0.15, 0.2) is 0 Å². The molecular weight excluding hydrogens is 414 g/mol. The number of nitrogens with zero attached hydrogens (tertiary/aromatic N) is 4. The molecular formula is C23H16F2N6O. The number of hydrogen-bond acceptors (Lipinski definition) is 4. The maximum Gasteiger partial charge on any atom is 0.221 e. The Hall–Kier alpha value is -4.40. The summed E-state index contributed by atoms with van der Waals surface area (Å²) in [6, 6.07) is 14.3. The Labute approximate surface area is 180 Å².